The van der Waals surface area contributed by atoms with Crippen molar-refractivity contribution in [2.24, 2.45) is 5.10 Å². The van der Waals surface area contributed by atoms with Gasteiger partial charge in [0.2, 0.25) is 5.13 Å². The topological polar surface area (TPSA) is 66.7 Å². The normalized spacial score (nSPS) is 10.9. The SMILES string of the molecule is COc1cccc(/C=N/Nc2nc(-c3ccc(Cl)cc3)cs2)c1O. The van der Waals surface area contributed by atoms with Crippen LogP contribution in [-0.4, -0.2) is 23.4 Å². The van der Waals surface area contributed by atoms with Gasteiger partial charge in [-0.1, -0.05) is 29.8 Å². The van der Waals surface area contributed by atoms with Crippen molar-refractivity contribution in [2.45, 2.75) is 0 Å². The third-order valence-corrected chi connectivity index (χ3v) is 4.26. The molecule has 24 heavy (non-hydrogen) atoms. The van der Waals surface area contributed by atoms with Crippen LogP contribution in [0.2, 0.25) is 5.02 Å². The second kappa shape index (κ2) is 7.33. The first-order valence-corrected chi connectivity index (χ1v) is 8.29. The molecule has 0 atom stereocenters. The highest BCUT2D eigenvalue weighted by molar-refractivity contribution is 7.14. The fourth-order valence-corrected chi connectivity index (χ4v) is 2.84. The summed E-state index contributed by atoms with van der Waals surface area (Å²) in [6, 6.07) is 12.7. The molecule has 1 aromatic heterocycles. The van der Waals surface area contributed by atoms with E-state index in [1.165, 1.54) is 24.7 Å². The Balaban J connectivity index is 1.70. The van der Waals surface area contributed by atoms with Crippen LogP contribution in [0, 0.1) is 0 Å². The zero-order valence-corrected chi connectivity index (χ0v) is 14.3. The summed E-state index contributed by atoms with van der Waals surface area (Å²) in [5.41, 5.74) is 5.24. The molecule has 2 N–H and O–H groups in total. The molecule has 0 aliphatic carbocycles. The highest BCUT2D eigenvalue weighted by Crippen LogP contribution is 2.28. The molecule has 7 heteroatoms. The Morgan fingerprint density at radius 1 is 1.25 bits per heavy atom. The zero-order chi connectivity index (χ0) is 16.9. The number of anilines is 1. The van der Waals surface area contributed by atoms with Crippen molar-refractivity contribution in [3.63, 3.8) is 0 Å². The van der Waals surface area contributed by atoms with Crippen molar-refractivity contribution in [3.05, 3.63) is 58.4 Å². The van der Waals surface area contributed by atoms with Crippen molar-refractivity contribution in [2.75, 3.05) is 12.5 Å². The van der Waals surface area contributed by atoms with Gasteiger partial charge < -0.3 is 9.84 Å². The number of para-hydroxylation sites is 1. The molecule has 0 radical (unpaired) electrons. The summed E-state index contributed by atoms with van der Waals surface area (Å²) in [7, 11) is 1.50. The predicted octanol–water partition coefficient (Wildman–Crippen LogP) is 4.62. The summed E-state index contributed by atoms with van der Waals surface area (Å²) < 4.78 is 5.06. The lowest BCUT2D eigenvalue weighted by molar-refractivity contribution is 0.373. The number of halogens is 1. The van der Waals surface area contributed by atoms with Crippen molar-refractivity contribution in [3.8, 4) is 22.8 Å². The van der Waals surface area contributed by atoms with E-state index >= 15 is 0 Å². The Hall–Kier alpha value is -2.57. The molecule has 0 amide bonds. The van der Waals surface area contributed by atoms with Crippen LogP contribution in [0.5, 0.6) is 11.5 Å². The quantitative estimate of drug-likeness (QED) is 0.515. The maximum absolute atomic E-state index is 9.99. The Bertz CT molecular complexity index is 863. The number of hydrogen-bond donors (Lipinski definition) is 2. The molecule has 0 aliphatic heterocycles. The number of methoxy groups -OCH3 is 1. The molecule has 0 aliphatic rings. The number of aromatic nitrogens is 1. The second-order valence-corrected chi connectivity index (χ2v) is 6.11. The maximum atomic E-state index is 9.99. The first kappa shape index (κ1) is 16.3. The second-order valence-electron chi connectivity index (χ2n) is 4.81. The molecular weight excluding hydrogens is 346 g/mol. The van der Waals surface area contributed by atoms with Gasteiger partial charge in [-0.3, -0.25) is 5.43 Å². The lowest BCUT2D eigenvalue weighted by Gasteiger charge is -2.04. The number of benzene rings is 2. The largest absolute Gasteiger partial charge is 0.504 e. The Morgan fingerprint density at radius 2 is 2.04 bits per heavy atom. The average Bonchev–Trinajstić information content (AvgIpc) is 3.06. The van der Waals surface area contributed by atoms with Gasteiger partial charge in [-0.25, -0.2) is 4.98 Å². The van der Waals surface area contributed by atoms with Crippen LogP contribution in [0.3, 0.4) is 0 Å². The lowest BCUT2D eigenvalue weighted by Crippen LogP contribution is -1.92. The van der Waals surface area contributed by atoms with Crippen LogP contribution >= 0.6 is 22.9 Å². The molecule has 0 saturated carbocycles. The molecule has 3 aromatic rings. The third-order valence-electron chi connectivity index (χ3n) is 3.26. The van der Waals surface area contributed by atoms with Crippen molar-refractivity contribution < 1.29 is 9.84 Å². The van der Waals surface area contributed by atoms with Gasteiger partial charge in [0.1, 0.15) is 0 Å². The number of nitrogens with zero attached hydrogens (tertiary/aromatic N) is 2. The fraction of sp³-hybridized carbons (Fsp3) is 0.0588. The van der Waals surface area contributed by atoms with E-state index in [0.717, 1.165) is 11.3 Å². The number of aromatic hydroxyl groups is 1. The minimum atomic E-state index is 0.0477. The van der Waals surface area contributed by atoms with Gasteiger partial charge in [0.15, 0.2) is 11.5 Å². The Morgan fingerprint density at radius 3 is 2.79 bits per heavy atom. The van der Waals surface area contributed by atoms with Crippen LogP contribution in [-0.2, 0) is 0 Å². The monoisotopic (exact) mass is 359 g/mol. The number of phenolic OH excluding ortho intramolecular Hbond substituents is 1. The molecule has 0 saturated heterocycles. The maximum Gasteiger partial charge on any atom is 0.203 e. The van der Waals surface area contributed by atoms with Gasteiger partial charge in [-0.2, -0.15) is 5.10 Å². The summed E-state index contributed by atoms with van der Waals surface area (Å²) in [6.07, 6.45) is 1.52. The number of ether oxygens (including phenoxy) is 1. The van der Waals surface area contributed by atoms with E-state index in [1.807, 2.05) is 29.6 Å². The summed E-state index contributed by atoms with van der Waals surface area (Å²) in [5.74, 6) is 0.449. The van der Waals surface area contributed by atoms with Crippen LogP contribution in [0.15, 0.2) is 52.9 Å². The molecule has 2 aromatic carbocycles. The molecule has 3 rings (SSSR count). The number of hydrogen-bond acceptors (Lipinski definition) is 6. The van der Waals surface area contributed by atoms with Crippen LogP contribution in [0.25, 0.3) is 11.3 Å². The van der Waals surface area contributed by atoms with Crippen molar-refractivity contribution >= 4 is 34.3 Å². The summed E-state index contributed by atoms with van der Waals surface area (Å²) in [6.45, 7) is 0. The first-order valence-electron chi connectivity index (χ1n) is 7.04. The predicted molar refractivity (Wildman–Crippen MR) is 98.4 cm³/mol. The van der Waals surface area contributed by atoms with Gasteiger partial charge in [-0.15, -0.1) is 11.3 Å². The van der Waals surface area contributed by atoms with Crippen molar-refractivity contribution in [1.29, 1.82) is 0 Å². The fourth-order valence-electron chi connectivity index (χ4n) is 2.04. The van der Waals surface area contributed by atoms with E-state index in [4.69, 9.17) is 16.3 Å². The summed E-state index contributed by atoms with van der Waals surface area (Å²) in [4.78, 5) is 4.46. The van der Waals surface area contributed by atoms with E-state index in [-0.39, 0.29) is 5.75 Å². The zero-order valence-electron chi connectivity index (χ0n) is 12.7. The minimum Gasteiger partial charge on any atom is -0.504 e. The van der Waals surface area contributed by atoms with Crippen molar-refractivity contribution in [1.82, 2.24) is 4.98 Å². The van der Waals surface area contributed by atoms with E-state index < -0.39 is 0 Å². The van der Waals surface area contributed by atoms with Gasteiger partial charge in [0, 0.05) is 21.5 Å². The number of nitrogens with one attached hydrogen (secondary N) is 1. The number of thiazole rings is 1. The van der Waals surface area contributed by atoms with Crippen LogP contribution in [0.1, 0.15) is 5.56 Å². The molecule has 0 unspecified atom stereocenters. The van der Waals surface area contributed by atoms with Crippen LogP contribution in [0.4, 0.5) is 5.13 Å². The first-order chi connectivity index (χ1) is 11.7. The van der Waals surface area contributed by atoms with Gasteiger partial charge >= 0.3 is 0 Å². The van der Waals surface area contributed by atoms with E-state index in [9.17, 15) is 5.11 Å². The van der Waals surface area contributed by atoms with Crippen LogP contribution < -0.4 is 10.2 Å². The lowest BCUT2D eigenvalue weighted by atomic mass is 10.2. The molecule has 5 nitrogen and oxygen atoms in total. The van der Waals surface area contributed by atoms with E-state index in [2.05, 4.69) is 15.5 Å². The minimum absolute atomic E-state index is 0.0477. The molecule has 0 spiro atoms. The van der Waals surface area contributed by atoms with E-state index in [0.29, 0.717) is 21.5 Å². The van der Waals surface area contributed by atoms with Gasteiger partial charge in [0.05, 0.1) is 19.0 Å². The highest BCUT2D eigenvalue weighted by atomic mass is 35.5. The summed E-state index contributed by atoms with van der Waals surface area (Å²) in [5, 5.41) is 17.4. The van der Waals surface area contributed by atoms with Gasteiger partial charge in [0.25, 0.3) is 0 Å². The Labute approximate surface area is 148 Å². The molecule has 0 fully saturated rings. The average molecular weight is 360 g/mol. The van der Waals surface area contributed by atoms with Gasteiger partial charge in [-0.05, 0) is 24.3 Å². The Kier molecular flexibility index (Phi) is 4.98. The molecule has 1 heterocycles. The van der Waals surface area contributed by atoms with E-state index in [1.54, 1.807) is 18.2 Å². The third kappa shape index (κ3) is 3.67. The standard InChI is InChI=1S/C17H14ClN3O2S/c1-23-15-4-2-3-12(16(15)22)9-19-21-17-20-14(10-24-17)11-5-7-13(18)8-6-11/h2-10,22H,1H3,(H,20,21)/b19-9+. The molecule has 0 bridgehead atoms. The summed E-state index contributed by atoms with van der Waals surface area (Å²) >= 11 is 7.33. The molecular formula is C17H14ClN3O2S. The number of phenols is 1. The number of hydrazone groups is 1. The number of rotatable bonds is 5. The smallest absolute Gasteiger partial charge is 0.203 e. The molecule has 122 valence electrons. The highest BCUT2D eigenvalue weighted by Gasteiger charge is 2.06.